The van der Waals surface area contributed by atoms with Gasteiger partial charge in [-0.05, 0) is 13.5 Å². The van der Waals surface area contributed by atoms with Gasteiger partial charge in [0.2, 0.25) is 0 Å². The van der Waals surface area contributed by atoms with Gasteiger partial charge in [-0.15, -0.1) is 24.0 Å². The molecule has 16 heavy (non-hydrogen) atoms. The molecule has 0 aromatic heterocycles. The van der Waals surface area contributed by atoms with Crippen LogP contribution in [0.2, 0.25) is 0 Å². The molecule has 1 atom stereocenters. The number of likely N-dealkylation sites (N-methyl/N-ethyl adjacent to an activating group) is 1. The Morgan fingerprint density at radius 2 is 2.50 bits per heavy atom. The van der Waals surface area contributed by atoms with Crippen LogP contribution in [0.4, 0.5) is 0 Å². The molecule has 0 aliphatic carbocycles. The second-order valence-corrected chi connectivity index (χ2v) is 4.15. The number of ether oxygens (including phenoxy) is 1. The van der Waals surface area contributed by atoms with Gasteiger partial charge in [0.25, 0.3) is 0 Å². The van der Waals surface area contributed by atoms with Crippen molar-refractivity contribution in [2.45, 2.75) is 12.5 Å². The highest BCUT2D eigenvalue weighted by molar-refractivity contribution is 14.0. The van der Waals surface area contributed by atoms with E-state index in [4.69, 9.17) is 4.74 Å². The Hall–Kier alpha value is -0.0800. The highest BCUT2D eigenvalue weighted by atomic mass is 127. The van der Waals surface area contributed by atoms with Gasteiger partial charge in [0.05, 0.1) is 12.7 Å². The van der Waals surface area contributed by atoms with Gasteiger partial charge in [0.15, 0.2) is 5.96 Å². The number of nitrogens with one attached hydrogen (secondary N) is 2. The molecule has 0 saturated carbocycles. The summed E-state index contributed by atoms with van der Waals surface area (Å²) in [6, 6.07) is 0. The summed E-state index contributed by atoms with van der Waals surface area (Å²) in [6.07, 6.45) is 1.42. The van der Waals surface area contributed by atoms with Crippen LogP contribution in [0.3, 0.4) is 0 Å². The minimum atomic E-state index is 0. The largest absolute Gasteiger partial charge is 0.374 e. The average Bonchev–Trinajstić information content (AvgIpc) is 2.28. The zero-order valence-corrected chi connectivity index (χ0v) is 12.1. The number of hydrogen-bond donors (Lipinski definition) is 2. The fourth-order valence-corrected chi connectivity index (χ4v) is 1.85. The van der Waals surface area contributed by atoms with Gasteiger partial charge in [-0.2, -0.15) is 0 Å². The number of aliphatic imine (C=N–C) groups is 1. The van der Waals surface area contributed by atoms with E-state index in [-0.39, 0.29) is 30.1 Å². The van der Waals surface area contributed by atoms with Crippen molar-refractivity contribution in [3.8, 4) is 0 Å². The van der Waals surface area contributed by atoms with Crippen LogP contribution in [-0.4, -0.2) is 63.3 Å². The minimum Gasteiger partial charge on any atom is -0.374 e. The van der Waals surface area contributed by atoms with Gasteiger partial charge in [-0.3, -0.25) is 4.99 Å². The Bertz CT molecular complexity index is 237. The van der Waals surface area contributed by atoms with Crippen molar-refractivity contribution in [1.29, 1.82) is 0 Å². The lowest BCUT2D eigenvalue weighted by molar-refractivity contribution is -0.0161. The standard InChI is InChI=1S/C10H20N4O.HI/c1-14-5-6-15-9(8-14)7-13-10-11-3-2-4-12-10;/h9H,2-8H2,1H3,(H2,11,12,13);1H. The zero-order chi connectivity index (χ0) is 10.5. The number of hydrogen-bond acceptors (Lipinski definition) is 5. The van der Waals surface area contributed by atoms with Crippen molar-refractivity contribution in [2.24, 2.45) is 4.99 Å². The molecule has 1 unspecified atom stereocenters. The van der Waals surface area contributed by atoms with E-state index in [0.717, 1.165) is 51.7 Å². The summed E-state index contributed by atoms with van der Waals surface area (Å²) in [4.78, 5) is 6.66. The third-order valence-corrected chi connectivity index (χ3v) is 2.74. The first kappa shape index (κ1) is 14.0. The first-order valence-corrected chi connectivity index (χ1v) is 5.67. The molecule has 0 aromatic carbocycles. The van der Waals surface area contributed by atoms with Crippen molar-refractivity contribution in [1.82, 2.24) is 15.5 Å². The number of morpholine rings is 1. The summed E-state index contributed by atoms with van der Waals surface area (Å²) in [7, 11) is 2.13. The van der Waals surface area contributed by atoms with E-state index in [0.29, 0.717) is 0 Å². The van der Waals surface area contributed by atoms with E-state index >= 15 is 0 Å². The maximum Gasteiger partial charge on any atom is 0.191 e. The van der Waals surface area contributed by atoms with Crippen molar-refractivity contribution in [3.05, 3.63) is 0 Å². The van der Waals surface area contributed by atoms with Crippen LogP contribution in [0.5, 0.6) is 0 Å². The molecule has 2 aliphatic heterocycles. The van der Waals surface area contributed by atoms with Crippen LogP contribution in [0.15, 0.2) is 4.99 Å². The summed E-state index contributed by atoms with van der Waals surface area (Å²) in [5.74, 6) is 0.929. The van der Waals surface area contributed by atoms with Gasteiger partial charge in [-0.25, -0.2) is 0 Å². The van der Waals surface area contributed by atoms with Crippen LogP contribution < -0.4 is 10.6 Å². The number of rotatable bonds is 2. The van der Waals surface area contributed by atoms with Crippen molar-refractivity contribution in [2.75, 3.05) is 46.4 Å². The maximum atomic E-state index is 5.65. The predicted octanol–water partition coefficient (Wildman–Crippen LogP) is -0.126. The zero-order valence-electron chi connectivity index (χ0n) is 9.74. The molecule has 1 saturated heterocycles. The Morgan fingerprint density at radius 1 is 1.62 bits per heavy atom. The van der Waals surface area contributed by atoms with Crippen molar-refractivity contribution in [3.63, 3.8) is 0 Å². The summed E-state index contributed by atoms with van der Waals surface area (Å²) < 4.78 is 5.65. The highest BCUT2D eigenvalue weighted by Gasteiger charge is 2.17. The normalized spacial score (nSPS) is 26.3. The fraction of sp³-hybridized carbons (Fsp3) is 0.900. The molecule has 2 aliphatic rings. The van der Waals surface area contributed by atoms with Gasteiger partial charge in [0.1, 0.15) is 0 Å². The molecule has 0 bridgehead atoms. The topological polar surface area (TPSA) is 48.9 Å². The van der Waals surface area contributed by atoms with Crippen LogP contribution in [0.25, 0.3) is 0 Å². The van der Waals surface area contributed by atoms with Crippen LogP contribution in [0, 0.1) is 0 Å². The van der Waals surface area contributed by atoms with Crippen LogP contribution in [-0.2, 0) is 4.74 Å². The van der Waals surface area contributed by atoms with E-state index in [1.165, 1.54) is 0 Å². The molecule has 5 nitrogen and oxygen atoms in total. The van der Waals surface area contributed by atoms with Gasteiger partial charge >= 0.3 is 0 Å². The molecule has 2 N–H and O–H groups in total. The monoisotopic (exact) mass is 340 g/mol. The molecule has 2 rings (SSSR count). The van der Waals surface area contributed by atoms with E-state index in [2.05, 4.69) is 27.6 Å². The van der Waals surface area contributed by atoms with Crippen LogP contribution >= 0.6 is 24.0 Å². The third-order valence-electron chi connectivity index (χ3n) is 2.74. The molecule has 0 amide bonds. The molecule has 6 heteroatoms. The molecule has 2 heterocycles. The maximum absolute atomic E-state index is 5.65. The van der Waals surface area contributed by atoms with Crippen molar-refractivity contribution < 1.29 is 4.74 Å². The quantitative estimate of drug-likeness (QED) is 0.688. The van der Waals surface area contributed by atoms with E-state index in [1.54, 1.807) is 0 Å². The lowest BCUT2D eigenvalue weighted by atomic mass is 10.3. The summed E-state index contributed by atoms with van der Waals surface area (Å²) in [6.45, 7) is 5.67. The Labute approximate surface area is 114 Å². The van der Waals surface area contributed by atoms with E-state index < -0.39 is 0 Å². The average molecular weight is 340 g/mol. The van der Waals surface area contributed by atoms with Gasteiger partial charge < -0.3 is 20.3 Å². The molecule has 1 fully saturated rings. The SMILES string of the molecule is CN1CCOC(CNC2=NCCCN2)C1.I. The third kappa shape index (κ3) is 4.42. The molecule has 0 radical (unpaired) electrons. The number of nitrogens with zero attached hydrogens (tertiary/aromatic N) is 2. The van der Waals surface area contributed by atoms with Gasteiger partial charge in [0, 0.05) is 32.7 Å². The number of guanidine groups is 1. The Morgan fingerprint density at radius 3 is 3.19 bits per heavy atom. The van der Waals surface area contributed by atoms with Crippen LogP contribution in [0.1, 0.15) is 6.42 Å². The predicted molar refractivity (Wildman–Crippen MR) is 75.6 cm³/mol. The molecule has 94 valence electrons. The molecular weight excluding hydrogens is 319 g/mol. The minimum absolute atomic E-state index is 0. The molecular formula is C10H21IN4O. The second-order valence-electron chi connectivity index (χ2n) is 4.15. The lowest BCUT2D eigenvalue weighted by Crippen LogP contribution is -2.49. The fourth-order valence-electron chi connectivity index (χ4n) is 1.85. The smallest absolute Gasteiger partial charge is 0.191 e. The number of halogens is 1. The first-order valence-electron chi connectivity index (χ1n) is 5.67. The summed E-state index contributed by atoms with van der Waals surface area (Å²) in [5, 5.41) is 6.54. The van der Waals surface area contributed by atoms with Gasteiger partial charge in [-0.1, -0.05) is 0 Å². The highest BCUT2D eigenvalue weighted by Crippen LogP contribution is 2.01. The Kier molecular flexibility index (Phi) is 6.37. The second kappa shape index (κ2) is 7.29. The first-order chi connectivity index (χ1) is 7.34. The van der Waals surface area contributed by atoms with Crippen molar-refractivity contribution >= 4 is 29.9 Å². The molecule has 0 spiro atoms. The Balaban J connectivity index is 0.00000128. The lowest BCUT2D eigenvalue weighted by Gasteiger charge is -2.30. The van der Waals surface area contributed by atoms with E-state index in [1.807, 2.05) is 0 Å². The van der Waals surface area contributed by atoms with E-state index in [9.17, 15) is 0 Å². The summed E-state index contributed by atoms with van der Waals surface area (Å²) in [5.41, 5.74) is 0. The molecule has 0 aromatic rings. The summed E-state index contributed by atoms with van der Waals surface area (Å²) >= 11 is 0.